The Bertz CT molecular complexity index is 1160. The molecule has 0 amide bonds. The number of hydrogen-bond acceptors (Lipinski definition) is 5. The molecule has 9 heteroatoms. The number of carbonyl (C=O) groups excluding carboxylic acids is 1. The van der Waals surface area contributed by atoms with Gasteiger partial charge in [0.25, 0.3) is 5.56 Å². The van der Waals surface area contributed by atoms with Gasteiger partial charge < -0.3 is 4.57 Å². The van der Waals surface area contributed by atoms with Crippen LogP contribution in [-0.2, 0) is 24.9 Å². The minimum atomic E-state index is -0.561. The quantitative estimate of drug-likeness (QED) is 0.681. The summed E-state index contributed by atoms with van der Waals surface area (Å²) < 4.78 is 5.67. The number of fused-ring (bicyclic) bond motifs is 1. The highest BCUT2D eigenvalue weighted by Gasteiger charge is 2.22. The summed E-state index contributed by atoms with van der Waals surface area (Å²) in [5, 5.41) is 4.52. The van der Waals surface area contributed by atoms with E-state index in [4.69, 9.17) is 0 Å². The summed E-state index contributed by atoms with van der Waals surface area (Å²) in [6.07, 6.45) is 0. The van der Waals surface area contributed by atoms with E-state index >= 15 is 0 Å². The van der Waals surface area contributed by atoms with Crippen LogP contribution in [0, 0.1) is 20.8 Å². The minimum absolute atomic E-state index is 0.259. The molecule has 3 rings (SSSR count). The van der Waals surface area contributed by atoms with E-state index in [1.807, 2.05) is 27.7 Å². The molecule has 0 saturated heterocycles. The van der Waals surface area contributed by atoms with Crippen LogP contribution in [0.2, 0.25) is 0 Å². The van der Waals surface area contributed by atoms with Crippen molar-refractivity contribution in [1.29, 1.82) is 0 Å². The van der Waals surface area contributed by atoms with E-state index in [9.17, 15) is 14.4 Å². The molecule has 0 aliphatic heterocycles. The Morgan fingerprint density at radius 1 is 1.12 bits per heavy atom. The first-order chi connectivity index (χ1) is 12.2. The van der Waals surface area contributed by atoms with E-state index in [0.717, 1.165) is 21.5 Å². The number of carbonyl (C=O) groups is 1. The zero-order chi connectivity index (χ0) is 19.3. The molecule has 0 spiro atoms. The minimum Gasteiger partial charge on any atom is -0.303 e. The largest absolute Gasteiger partial charge is 0.332 e. The molecule has 3 aromatic heterocycles. The summed E-state index contributed by atoms with van der Waals surface area (Å²) in [4.78, 5) is 41.5. The van der Waals surface area contributed by atoms with Gasteiger partial charge in [-0.05, 0) is 40.2 Å². The van der Waals surface area contributed by atoms with Crippen molar-refractivity contribution in [1.82, 2.24) is 28.5 Å². The summed E-state index contributed by atoms with van der Waals surface area (Å²) in [5.41, 5.74) is 2.33. The third-order valence-electron chi connectivity index (χ3n) is 4.75. The molecule has 3 heterocycles. The van der Waals surface area contributed by atoms with Crippen molar-refractivity contribution in [2.75, 3.05) is 0 Å². The monoisotopic (exact) mass is 358 g/mol. The first-order valence-corrected chi connectivity index (χ1v) is 8.41. The number of imidazole rings is 1. The van der Waals surface area contributed by atoms with Gasteiger partial charge in [0.2, 0.25) is 5.95 Å². The predicted octanol–water partition coefficient (Wildman–Crippen LogP) is 0.617. The van der Waals surface area contributed by atoms with Gasteiger partial charge in [-0.1, -0.05) is 0 Å². The topological polar surface area (TPSA) is 96.7 Å². The fourth-order valence-electron chi connectivity index (χ4n) is 3.10. The van der Waals surface area contributed by atoms with Gasteiger partial charge in [0, 0.05) is 19.3 Å². The maximum absolute atomic E-state index is 12.9. The first-order valence-electron chi connectivity index (χ1n) is 8.41. The number of aryl methyl sites for hydroxylation is 3. The molecule has 0 N–H and O–H groups in total. The summed E-state index contributed by atoms with van der Waals surface area (Å²) in [5.74, 6) is 0.212. The Labute approximate surface area is 149 Å². The van der Waals surface area contributed by atoms with Crippen LogP contribution in [0.4, 0.5) is 0 Å². The van der Waals surface area contributed by atoms with Gasteiger partial charge in [0.1, 0.15) is 5.78 Å². The molecule has 26 heavy (non-hydrogen) atoms. The van der Waals surface area contributed by atoms with Crippen molar-refractivity contribution >= 4 is 16.9 Å². The smallest absolute Gasteiger partial charge is 0.303 e. The molecule has 9 nitrogen and oxygen atoms in total. The van der Waals surface area contributed by atoms with Crippen LogP contribution in [0.5, 0.6) is 0 Å². The third-order valence-corrected chi connectivity index (χ3v) is 4.75. The second-order valence-electron chi connectivity index (χ2n) is 6.47. The van der Waals surface area contributed by atoms with Gasteiger partial charge in [-0.2, -0.15) is 10.1 Å². The third kappa shape index (κ3) is 2.42. The van der Waals surface area contributed by atoms with Crippen molar-refractivity contribution < 1.29 is 4.79 Å². The Kier molecular flexibility index (Phi) is 4.17. The number of rotatable bonds is 4. The lowest BCUT2D eigenvalue weighted by molar-refractivity contribution is -0.117. The molecular formula is C17H22N6O3. The number of aromatic nitrogens is 6. The van der Waals surface area contributed by atoms with Crippen molar-refractivity contribution in [2.24, 2.45) is 7.05 Å². The zero-order valence-corrected chi connectivity index (χ0v) is 15.8. The van der Waals surface area contributed by atoms with E-state index in [2.05, 4.69) is 10.1 Å². The van der Waals surface area contributed by atoms with Gasteiger partial charge in [-0.25, -0.2) is 9.48 Å². The van der Waals surface area contributed by atoms with E-state index in [0.29, 0.717) is 12.5 Å². The molecule has 0 saturated carbocycles. The Morgan fingerprint density at radius 2 is 1.77 bits per heavy atom. The molecule has 0 aliphatic rings. The highest BCUT2D eigenvalue weighted by Crippen LogP contribution is 2.19. The van der Waals surface area contributed by atoms with Crippen LogP contribution in [0.1, 0.15) is 30.8 Å². The first kappa shape index (κ1) is 17.8. The van der Waals surface area contributed by atoms with Crippen molar-refractivity contribution in [3.05, 3.63) is 37.8 Å². The van der Waals surface area contributed by atoms with E-state index in [1.165, 1.54) is 11.5 Å². The summed E-state index contributed by atoms with van der Waals surface area (Å²) in [7, 11) is 1.55. The highest BCUT2D eigenvalue weighted by molar-refractivity contribution is 5.76. The lowest BCUT2D eigenvalue weighted by Crippen LogP contribution is -2.41. The molecule has 3 aromatic rings. The number of hydrogen-bond donors (Lipinski definition) is 0. The molecule has 0 aromatic carbocycles. The average molecular weight is 358 g/mol. The number of nitrogens with zero attached hydrogens (tertiary/aromatic N) is 6. The van der Waals surface area contributed by atoms with Crippen molar-refractivity contribution in [2.45, 2.75) is 47.7 Å². The van der Waals surface area contributed by atoms with Crippen LogP contribution in [-0.4, -0.2) is 34.2 Å². The summed E-state index contributed by atoms with van der Waals surface area (Å²) in [6, 6.07) is 0. The molecule has 0 radical (unpaired) electrons. The number of Topliss-reactive ketones (excluding diaryl/α,β-unsaturated/α-hetero) is 1. The van der Waals surface area contributed by atoms with Crippen LogP contribution in [0.25, 0.3) is 17.1 Å². The Morgan fingerprint density at radius 3 is 2.27 bits per heavy atom. The van der Waals surface area contributed by atoms with Gasteiger partial charge in [0.15, 0.2) is 11.2 Å². The van der Waals surface area contributed by atoms with Gasteiger partial charge in [0.05, 0.1) is 12.2 Å². The SMILES string of the molecule is CCn1c(-n2nc(C)c(C)c2C)nc2c1c(=O)n(CC(C)=O)c(=O)n2C. The number of ketones is 1. The normalized spacial score (nSPS) is 11.5. The van der Waals surface area contributed by atoms with Crippen molar-refractivity contribution in [3.8, 4) is 5.95 Å². The zero-order valence-electron chi connectivity index (χ0n) is 15.8. The molecule has 138 valence electrons. The van der Waals surface area contributed by atoms with Gasteiger partial charge >= 0.3 is 5.69 Å². The van der Waals surface area contributed by atoms with Crippen LogP contribution in [0.15, 0.2) is 9.59 Å². The molecular weight excluding hydrogens is 336 g/mol. The molecule has 0 aliphatic carbocycles. The molecule has 0 fully saturated rings. The van der Waals surface area contributed by atoms with E-state index in [1.54, 1.807) is 16.3 Å². The lowest BCUT2D eigenvalue weighted by atomic mass is 10.2. The molecule has 0 bridgehead atoms. The second kappa shape index (κ2) is 6.08. The molecule has 0 unspecified atom stereocenters. The fraction of sp³-hybridized carbons (Fsp3) is 0.471. The maximum Gasteiger partial charge on any atom is 0.332 e. The van der Waals surface area contributed by atoms with Crippen molar-refractivity contribution in [3.63, 3.8) is 0 Å². The van der Waals surface area contributed by atoms with Crippen LogP contribution in [0.3, 0.4) is 0 Å². The maximum atomic E-state index is 12.9. The fourth-order valence-corrected chi connectivity index (χ4v) is 3.10. The molecule has 0 atom stereocenters. The van der Waals surface area contributed by atoms with E-state index < -0.39 is 11.2 Å². The van der Waals surface area contributed by atoms with Crippen LogP contribution >= 0.6 is 0 Å². The summed E-state index contributed by atoms with van der Waals surface area (Å²) >= 11 is 0. The lowest BCUT2D eigenvalue weighted by Gasteiger charge is -2.09. The second-order valence-corrected chi connectivity index (χ2v) is 6.47. The van der Waals surface area contributed by atoms with Gasteiger partial charge in [-0.3, -0.25) is 18.7 Å². The predicted molar refractivity (Wildman–Crippen MR) is 96.9 cm³/mol. The van der Waals surface area contributed by atoms with Gasteiger partial charge in [-0.15, -0.1) is 0 Å². The summed E-state index contributed by atoms with van der Waals surface area (Å²) in [6.45, 7) is 9.26. The Hall–Kier alpha value is -2.97. The standard InChI is InChI=1S/C17H22N6O3/c1-7-21-13-14(18-16(21)23-12(5)10(3)11(4)19-23)20(6)17(26)22(15(13)25)8-9(2)24/h7-8H2,1-6H3. The Balaban J connectivity index is 2.45. The van der Waals surface area contributed by atoms with E-state index in [-0.39, 0.29) is 23.5 Å². The highest BCUT2D eigenvalue weighted by atomic mass is 16.2. The average Bonchev–Trinajstić information content (AvgIpc) is 3.09. The van der Waals surface area contributed by atoms with Crippen LogP contribution < -0.4 is 11.2 Å².